The van der Waals surface area contributed by atoms with Crippen LogP contribution in [0.4, 0.5) is 0 Å². The van der Waals surface area contributed by atoms with Gasteiger partial charge in [-0.3, -0.25) is 9.78 Å². The Hall–Kier alpha value is -2.88. The van der Waals surface area contributed by atoms with Gasteiger partial charge < -0.3 is 10.5 Å². The van der Waals surface area contributed by atoms with Gasteiger partial charge in [0.15, 0.2) is 0 Å². The number of methoxy groups -OCH3 is 1. The molecule has 3 rings (SSSR count). The lowest BCUT2D eigenvalue weighted by atomic mass is 9.90. The molecule has 0 saturated heterocycles. The molecular formula is C23H26N2O2. The maximum atomic E-state index is 11.4. The molecule has 0 fully saturated rings. The molecule has 0 spiro atoms. The minimum atomic E-state index is -0.417. The number of hydrogen-bond acceptors (Lipinski definition) is 3. The van der Waals surface area contributed by atoms with E-state index in [4.69, 9.17) is 15.5 Å². The van der Waals surface area contributed by atoms with Crippen molar-refractivity contribution in [1.29, 1.82) is 0 Å². The van der Waals surface area contributed by atoms with E-state index in [1.807, 2.05) is 24.3 Å². The summed E-state index contributed by atoms with van der Waals surface area (Å²) in [4.78, 5) is 16.3. The minimum Gasteiger partial charge on any atom is -0.497 e. The molecule has 27 heavy (non-hydrogen) atoms. The molecule has 1 amide bonds. The monoisotopic (exact) mass is 362 g/mol. The average Bonchev–Trinajstić information content (AvgIpc) is 2.70. The average molecular weight is 362 g/mol. The van der Waals surface area contributed by atoms with Gasteiger partial charge in [-0.25, -0.2) is 0 Å². The van der Waals surface area contributed by atoms with E-state index in [1.165, 1.54) is 5.56 Å². The Kier molecular flexibility index (Phi) is 6.07. The Bertz CT molecular complexity index is 937. The van der Waals surface area contributed by atoms with E-state index in [2.05, 4.69) is 25.1 Å². The Balaban J connectivity index is 1.91. The number of carbonyl (C=O) groups excluding carboxylic acids is 1. The number of unbranched alkanes of at least 4 members (excludes halogenated alkanes) is 1. The first kappa shape index (κ1) is 18.9. The molecular weight excluding hydrogens is 336 g/mol. The van der Waals surface area contributed by atoms with Gasteiger partial charge in [-0.2, -0.15) is 0 Å². The van der Waals surface area contributed by atoms with E-state index < -0.39 is 5.91 Å². The standard InChI is InChI=1S/C23H26N2O2/c1-3-4-7-17(13-16-6-5-8-20(14-16)27-2)21-11-9-18-15-19(23(24)26)10-12-22(18)25-21/h5-6,8-12,14-15,17H,3-4,7,13H2,1-2H3,(H2,24,26). The highest BCUT2D eigenvalue weighted by Crippen LogP contribution is 2.28. The molecule has 0 bridgehead atoms. The number of primary amides is 1. The maximum absolute atomic E-state index is 11.4. The second-order valence-corrected chi connectivity index (χ2v) is 6.90. The van der Waals surface area contributed by atoms with E-state index in [1.54, 1.807) is 19.2 Å². The van der Waals surface area contributed by atoms with Crippen molar-refractivity contribution in [3.8, 4) is 5.75 Å². The van der Waals surface area contributed by atoms with Crippen LogP contribution in [0.2, 0.25) is 0 Å². The molecule has 0 aliphatic heterocycles. The Morgan fingerprint density at radius 2 is 2.00 bits per heavy atom. The normalized spacial score (nSPS) is 12.1. The Labute approximate surface area is 160 Å². The summed E-state index contributed by atoms with van der Waals surface area (Å²) in [6.45, 7) is 2.21. The van der Waals surface area contributed by atoms with Crippen molar-refractivity contribution < 1.29 is 9.53 Å². The van der Waals surface area contributed by atoms with E-state index in [0.29, 0.717) is 11.5 Å². The zero-order chi connectivity index (χ0) is 19.2. The topological polar surface area (TPSA) is 65.2 Å². The van der Waals surface area contributed by atoms with Crippen LogP contribution in [0.3, 0.4) is 0 Å². The van der Waals surface area contributed by atoms with Crippen molar-refractivity contribution in [2.24, 2.45) is 5.73 Å². The van der Waals surface area contributed by atoms with Gasteiger partial charge in [0.2, 0.25) is 5.91 Å². The van der Waals surface area contributed by atoms with Crippen molar-refractivity contribution in [3.63, 3.8) is 0 Å². The van der Waals surface area contributed by atoms with Crippen molar-refractivity contribution in [1.82, 2.24) is 4.98 Å². The quantitative estimate of drug-likeness (QED) is 0.622. The fraction of sp³-hybridized carbons (Fsp3) is 0.304. The fourth-order valence-electron chi connectivity index (χ4n) is 3.41. The predicted molar refractivity (Wildman–Crippen MR) is 109 cm³/mol. The van der Waals surface area contributed by atoms with Crippen LogP contribution in [-0.4, -0.2) is 18.0 Å². The van der Waals surface area contributed by atoms with Gasteiger partial charge in [-0.05, 0) is 54.8 Å². The van der Waals surface area contributed by atoms with Crippen LogP contribution >= 0.6 is 0 Å². The van der Waals surface area contributed by atoms with Crippen LogP contribution in [0.25, 0.3) is 10.9 Å². The predicted octanol–water partition coefficient (Wildman–Crippen LogP) is 4.86. The van der Waals surface area contributed by atoms with Crippen molar-refractivity contribution >= 4 is 16.8 Å². The van der Waals surface area contributed by atoms with Crippen molar-refractivity contribution in [3.05, 3.63) is 71.4 Å². The van der Waals surface area contributed by atoms with Gasteiger partial charge in [0.1, 0.15) is 5.75 Å². The molecule has 1 aromatic heterocycles. The van der Waals surface area contributed by atoms with E-state index in [9.17, 15) is 4.79 Å². The molecule has 1 atom stereocenters. The molecule has 1 heterocycles. The van der Waals surface area contributed by atoms with Crippen molar-refractivity contribution in [2.45, 2.75) is 38.5 Å². The number of pyridine rings is 1. The number of rotatable bonds is 8. The van der Waals surface area contributed by atoms with Crippen LogP contribution in [0.5, 0.6) is 5.75 Å². The fourth-order valence-corrected chi connectivity index (χ4v) is 3.41. The number of aromatic nitrogens is 1. The molecule has 2 N–H and O–H groups in total. The van der Waals surface area contributed by atoms with Crippen molar-refractivity contribution in [2.75, 3.05) is 7.11 Å². The minimum absolute atomic E-state index is 0.345. The number of fused-ring (bicyclic) bond motifs is 1. The van der Waals surface area contributed by atoms with Crippen LogP contribution in [0.1, 0.15) is 53.7 Å². The number of nitrogens with two attached hydrogens (primary N) is 1. The number of carbonyl (C=O) groups is 1. The number of ether oxygens (including phenoxy) is 1. The van der Waals surface area contributed by atoms with Crippen LogP contribution < -0.4 is 10.5 Å². The van der Waals surface area contributed by atoms with Crippen LogP contribution in [0, 0.1) is 0 Å². The third-order valence-electron chi connectivity index (χ3n) is 4.94. The first-order valence-electron chi connectivity index (χ1n) is 9.44. The number of benzene rings is 2. The summed E-state index contributed by atoms with van der Waals surface area (Å²) in [6, 6.07) is 17.8. The summed E-state index contributed by atoms with van der Waals surface area (Å²) in [6.07, 6.45) is 4.33. The highest BCUT2D eigenvalue weighted by molar-refractivity contribution is 5.96. The summed E-state index contributed by atoms with van der Waals surface area (Å²) < 4.78 is 5.36. The number of amides is 1. The first-order chi connectivity index (χ1) is 13.1. The first-order valence-corrected chi connectivity index (χ1v) is 9.44. The molecule has 0 radical (unpaired) electrons. The molecule has 140 valence electrons. The highest BCUT2D eigenvalue weighted by atomic mass is 16.5. The summed E-state index contributed by atoms with van der Waals surface area (Å²) >= 11 is 0. The molecule has 2 aromatic carbocycles. The molecule has 4 heteroatoms. The third-order valence-corrected chi connectivity index (χ3v) is 4.94. The lowest BCUT2D eigenvalue weighted by Crippen LogP contribution is -2.10. The second kappa shape index (κ2) is 8.67. The summed E-state index contributed by atoms with van der Waals surface area (Å²) in [5, 5.41) is 0.936. The van der Waals surface area contributed by atoms with Gasteiger partial charge in [0.05, 0.1) is 12.6 Å². The Morgan fingerprint density at radius 1 is 1.15 bits per heavy atom. The highest BCUT2D eigenvalue weighted by Gasteiger charge is 2.15. The smallest absolute Gasteiger partial charge is 0.248 e. The molecule has 4 nitrogen and oxygen atoms in total. The van der Waals surface area contributed by atoms with E-state index in [0.717, 1.165) is 48.0 Å². The SMILES string of the molecule is CCCCC(Cc1cccc(OC)c1)c1ccc2cc(C(N)=O)ccc2n1. The zero-order valence-corrected chi connectivity index (χ0v) is 15.9. The lowest BCUT2D eigenvalue weighted by Gasteiger charge is -2.17. The van der Waals surface area contributed by atoms with Gasteiger partial charge in [0, 0.05) is 22.6 Å². The van der Waals surface area contributed by atoms with Gasteiger partial charge >= 0.3 is 0 Å². The van der Waals surface area contributed by atoms with Crippen LogP contribution in [-0.2, 0) is 6.42 Å². The largest absolute Gasteiger partial charge is 0.497 e. The number of hydrogen-bond donors (Lipinski definition) is 1. The molecule has 1 unspecified atom stereocenters. The molecule has 0 aliphatic rings. The van der Waals surface area contributed by atoms with Gasteiger partial charge in [0.25, 0.3) is 0 Å². The number of nitrogens with zero attached hydrogens (tertiary/aromatic N) is 1. The third kappa shape index (κ3) is 4.64. The molecule has 0 aliphatic carbocycles. The second-order valence-electron chi connectivity index (χ2n) is 6.90. The van der Waals surface area contributed by atoms with Gasteiger partial charge in [-0.15, -0.1) is 0 Å². The Morgan fingerprint density at radius 3 is 2.74 bits per heavy atom. The van der Waals surface area contributed by atoms with Crippen LogP contribution in [0.15, 0.2) is 54.6 Å². The maximum Gasteiger partial charge on any atom is 0.248 e. The van der Waals surface area contributed by atoms with Gasteiger partial charge in [-0.1, -0.05) is 38.0 Å². The molecule has 3 aromatic rings. The van der Waals surface area contributed by atoms with E-state index >= 15 is 0 Å². The summed E-state index contributed by atoms with van der Waals surface area (Å²) in [7, 11) is 1.69. The summed E-state index contributed by atoms with van der Waals surface area (Å²) in [5.41, 5.74) is 9.12. The zero-order valence-electron chi connectivity index (χ0n) is 15.9. The van der Waals surface area contributed by atoms with E-state index in [-0.39, 0.29) is 0 Å². The molecule has 0 saturated carbocycles. The summed E-state index contributed by atoms with van der Waals surface area (Å²) in [5.74, 6) is 0.810. The lowest BCUT2D eigenvalue weighted by molar-refractivity contribution is 0.100.